The van der Waals surface area contributed by atoms with Crippen LogP contribution in [0.15, 0.2) is 18.6 Å². The van der Waals surface area contributed by atoms with E-state index in [0.717, 1.165) is 31.7 Å². The Kier molecular flexibility index (Phi) is 3.34. The summed E-state index contributed by atoms with van der Waals surface area (Å²) >= 11 is 0. The molecule has 2 rings (SSSR count). The smallest absolute Gasteiger partial charge is 0.217 e. The molecule has 1 aliphatic heterocycles. The van der Waals surface area contributed by atoms with Crippen molar-refractivity contribution in [3.63, 3.8) is 0 Å². The second-order valence-corrected chi connectivity index (χ2v) is 4.19. The van der Waals surface area contributed by atoms with Gasteiger partial charge in [0.15, 0.2) is 0 Å². The second-order valence-electron chi connectivity index (χ2n) is 4.19. The molecule has 0 spiro atoms. The Hall–Kier alpha value is -1.65. The quantitative estimate of drug-likeness (QED) is 0.808. The van der Waals surface area contributed by atoms with Crippen LogP contribution in [-0.2, 0) is 4.79 Å². The zero-order valence-electron chi connectivity index (χ0n) is 9.17. The zero-order chi connectivity index (χ0) is 11.4. The molecule has 2 N–H and O–H groups in total. The number of carbonyl (C=O) groups is 1. The minimum atomic E-state index is -0.213. The average Bonchev–Trinajstić information content (AvgIpc) is 2.30. The number of piperidine rings is 1. The summed E-state index contributed by atoms with van der Waals surface area (Å²) in [4.78, 5) is 21.2. The Morgan fingerprint density at radius 3 is 3.19 bits per heavy atom. The third kappa shape index (κ3) is 2.68. The first-order valence-electron chi connectivity index (χ1n) is 5.55. The predicted octanol–water partition coefficient (Wildman–Crippen LogP) is 0.568. The zero-order valence-corrected chi connectivity index (χ0v) is 9.17. The van der Waals surface area contributed by atoms with Gasteiger partial charge >= 0.3 is 0 Å². The van der Waals surface area contributed by atoms with E-state index in [-0.39, 0.29) is 5.91 Å². The molecule has 0 aromatic carbocycles. The number of anilines is 1. The summed E-state index contributed by atoms with van der Waals surface area (Å²) in [7, 11) is 0. The molecular formula is C11H16N4O. The van der Waals surface area contributed by atoms with Crippen molar-refractivity contribution in [1.29, 1.82) is 0 Å². The summed E-state index contributed by atoms with van der Waals surface area (Å²) < 4.78 is 0. The summed E-state index contributed by atoms with van der Waals surface area (Å²) in [5, 5.41) is 0. The first-order chi connectivity index (χ1) is 7.75. The Morgan fingerprint density at radius 1 is 1.62 bits per heavy atom. The minimum absolute atomic E-state index is 0.213. The Bertz CT molecular complexity index is 354. The molecule has 16 heavy (non-hydrogen) atoms. The number of hydrogen-bond acceptors (Lipinski definition) is 4. The van der Waals surface area contributed by atoms with E-state index >= 15 is 0 Å². The lowest BCUT2D eigenvalue weighted by atomic mass is 9.94. The standard InChI is InChI=1S/C11H16N4O/c12-10(16)6-9-2-1-5-15(7-9)11-3-4-13-8-14-11/h3-4,8-9H,1-2,5-7H2,(H2,12,16). The van der Waals surface area contributed by atoms with E-state index in [9.17, 15) is 4.79 Å². The number of primary amides is 1. The molecule has 1 amide bonds. The van der Waals surface area contributed by atoms with Crippen LogP contribution in [0, 0.1) is 5.92 Å². The van der Waals surface area contributed by atoms with E-state index in [0.29, 0.717) is 12.3 Å². The van der Waals surface area contributed by atoms with Crippen molar-refractivity contribution in [2.24, 2.45) is 11.7 Å². The number of rotatable bonds is 3. The van der Waals surface area contributed by atoms with Crippen LogP contribution in [0.2, 0.25) is 0 Å². The number of nitrogens with two attached hydrogens (primary N) is 1. The molecule has 0 aliphatic carbocycles. The molecule has 5 nitrogen and oxygen atoms in total. The van der Waals surface area contributed by atoms with Gasteiger partial charge in [0, 0.05) is 25.7 Å². The third-order valence-corrected chi connectivity index (χ3v) is 2.90. The molecule has 0 bridgehead atoms. The highest BCUT2D eigenvalue weighted by molar-refractivity contribution is 5.74. The molecule has 1 fully saturated rings. The van der Waals surface area contributed by atoms with Crippen LogP contribution < -0.4 is 10.6 Å². The molecule has 1 aromatic heterocycles. The van der Waals surface area contributed by atoms with E-state index in [2.05, 4.69) is 14.9 Å². The number of carbonyl (C=O) groups excluding carboxylic acids is 1. The van der Waals surface area contributed by atoms with Crippen LogP contribution in [0.3, 0.4) is 0 Å². The minimum Gasteiger partial charge on any atom is -0.370 e. The van der Waals surface area contributed by atoms with Crippen LogP contribution in [0.25, 0.3) is 0 Å². The van der Waals surface area contributed by atoms with Gasteiger partial charge in [-0.05, 0) is 24.8 Å². The molecule has 0 saturated carbocycles. The number of amides is 1. The van der Waals surface area contributed by atoms with Gasteiger partial charge < -0.3 is 10.6 Å². The average molecular weight is 220 g/mol. The van der Waals surface area contributed by atoms with Crippen LogP contribution in [-0.4, -0.2) is 29.0 Å². The third-order valence-electron chi connectivity index (χ3n) is 2.90. The summed E-state index contributed by atoms with van der Waals surface area (Å²) in [5.74, 6) is 1.08. The van der Waals surface area contributed by atoms with Crippen molar-refractivity contribution in [3.8, 4) is 0 Å². The number of aromatic nitrogens is 2. The fraction of sp³-hybridized carbons (Fsp3) is 0.545. The van der Waals surface area contributed by atoms with Crippen LogP contribution in [0.5, 0.6) is 0 Å². The molecule has 1 aliphatic rings. The molecular weight excluding hydrogens is 204 g/mol. The van der Waals surface area contributed by atoms with Crippen molar-refractivity contribution < 1.29 is 4.79 Å². The van der Waals surface area contributed by atoms with Gasteiger partial charge in [-0.15, -0.1) is 0 Å². The van der Waals surface area contributed by atoms with Crippen molar-refractivity contribution >= 4 is 11.7 Å². The van der Waals surface area contributed by atoms with Crippen LogP contribution in [0.4, 0.5) is 5.82 Å². The van der Waals surface area contributed by atoms with Crippen molar-refractivity contribution in [3.05, 3.63) is 18.6 Å². The first kappa shape index (κ1) is 10.9. The largest absolute Gasteiger partial charge is 0.370 e. The molecule has 0 radical (unpaired) electrons. The maximum atomic E-state index is 10.9. The Balaban J connectivity index is 1.99. The fourth-order valence-electron chi connectivity index (χ4n) is 2.20. The molecule has 2 heterocycles. The van der Waals surface area contributed by atoms with Crippen molar-refractivity contribution in [1.82, 2.24) is 9.97 Å². The topological polar surface area (TPSA) is 72.1 Å². The lowest BCUT2D eigenvalue weighted by Gasteiger charge is -2.32. The molecule has 5 heteroatoms. The van der Waals surface area contributed by atoms with Gasteiger partial charge in [0.1, 0.15) is 12.1 Å². The predicted molar refractivity (Wildman–Crippen MR) is 60.8 cm³/mol. The van der Waals surface area contributed by atoms with Gasteiger partial charge in [-0.25, -0.2) is 9.97 Å². The van der Waals surface area contributed by atoms with Gasteiger partial charge in [0.05, 0.1) is 0 Å². The SMILES string of the molecule is NC(=O)CC1CCCN(c2ccncn2)C1. The van der Waals surface area contributed by atoms with E-state index < -0.39 is 0 Å². The van der Waals surface area contributed by atoms with Gasteiger partial charge in [0.2, 0.25) is 5.91 Å². The second kappa shape index (κ2) is 4.92. The van der Waals surface area contributed by atoms with Crippen LogP contribution in [0.1, 0.15) is 19.3 Å². The highest BCUT2D eigenvalue weighted by atomic mass is 16.1. The van der Waals surface area contributed by atoms with Gasteiger partial charge in [-0.1, -0.05) is 0 Å². The number of hydrogen-bond donors (Lipinski definition) is 1. The number of nitrogens with zero attached hydrogens (tertiary/aromatic N) is 3. The summed E-state index contributed by atoms with van der Waals surface area (Å²) in [6, 6.07) is 1.90. The Labute approximate surface area is 94.7 Å². The van der Waals surface area contributed by atoms with E-state index in [1.807, 2.05) is 6.07 Å². The molecule has 1 unspecified atom stereocenters. The molecule has 86 valence electrons. The maximum absolute atomic E-state index is 10.9. The fourth-order valence-corrected chi connectivity index (χ4v) is 2.20. The van der Waals surface area contributed by atoms with E-state index in [1.54, 1.807) is 12.5 Å². The van der Waals surface area contributed by atoms with Crippen molar-refractivity contribution in [2.75, 3.05) is 18.0 Å². The summed E-state index contributed by atoms with van der Waals surface area (Å²) in [5.41, 5.74) is 5.22. The summed E-state index contributed by atoms with van der Waals surface area (Å²) in [6.07, 6.45) is 5.92. The van der Waals surface area contributed by atoms with Gasteiger partial charge in [-0.3, -0.25) is 4.79 Å². The van der Waals surface area contributed by atoms with E-state index in [4.69, 9.17) is 5.73 Å². The molecule has 1 aromatic rings. The van der Waals surface area contributed by atoms with Gasteiger partial charge in [-0.2, -0.15) is 0 Å². The Morgan fingerprint density at radius 2 is 2.50 bits per heavy atom. The van der Waals surface area contributed by atoms with Crippen molar-refractivity contribution in [2.45, 2.75) is 19.3 Å². The lowest BCUT2D eigenvalue weighted by Crippen LogP contribution is -2.37. The maximum Gasteiger partial charge on any atom is 0.217 e. The monoisotopic (exact) mass is 220 g/mol. The normalized spacial score (nSPS) is 20.8. The first-order valence-corrected chi connectivity index (χ1v) is 5.55. The highest BCUT2D eigenvalue weighted by Crippen LogP contribution is 2.22. The van der Waals surface area contributed by atoms with Crippen LogP contribution >= 0.6 is 0 Å². The lowest BCUT2D eigenvalue weighted by molar-refractivity contribution is -0.118. The summed E-state index contributed by atoms with van der Waals surface area (Å²) in [6.45, 7) is 1.85. The van der Waals surface area contributed by atoms with E-state index in [1.165, 1.54) is 0 Å². The highest BCUT2D eigenvalue weighted by Gasteiger charge is 2.21. The van der Waals surface area contributed by atoms with Gasteiger partial charge in [0.25, 0.3) is 0 Å². The molecule has 1 saturated heterocycles. The molecule has 1 atom stereocenters.